The van der Waals surface area contributed by atoms with Crippen molar-refractivity contribution in [2.75, 3.05) is 6.54 Å². The molecule has 0 rings (SSSR count). The lowest BCUT2D eigenvalue weighted by molar-refractivity contribution is 0.0534. The lowest BCUT2D eigenvalue weighted by atomic mass is 10.1. The van der Waals surface area contributed by atoms with E-state index in [0.717, 1.165) is 0 Å². The van der Waals surface area contributed by atoms with Crippen LogP contribution in [0.2, 0.25) is 0 Å². The Morgan fingerprint density at radius 1 is 1.58 bits per heavy atom. The summed E-state index contributed by atoms with van der Waals surface area (Å²) in [5.74, 6) is 1.37. The predicted molar refractivity (Wildman–Crippen MR) is 49.1 cm³/mol. The van der Waals surface area contributed by atoms with Crippen LogP contribution in [-0.2, 0) is 4.74 Å². The highest BCUT2D eigenvalue weighted by Crippen LogP contribution is 2.05. The highest BCUT2D eigenvalue weighted by Gasteiger charge is 2.14. The van der Waals surface area contributed by atoms with Crippen LogP contribution in [0, 0.1) is 0 Å². The van der Waals surface area contributed by atoms with Crippen molar-refractivity contribution in [3.05, 3.63) is 12.1 Å². The van der Waals surface area contributed by atoms with E-state index in [9.17, 15) is 4.79 Å². The number of hydrogen-bond donors (Lipinski definition) is 1. The van der Waals surface area contributed by atoms with E-state index in [1.165, 1.54) is 5.98 Å². The van der Waals surface area contributed by atoms with Gasteiger partial charge in [0.15, 0.2) is 0 Å². The summed E-state index contributed by atoms with van der Waals surface area (Å²) in [6.45, 7) is 5.83. The molecular formula is C8H14BNO2. The van der Waals surface area contributed by atoms with Crippen molar-refractivity contribution >= 4 is 13.9 Å². The molecule has 0 aliphatic rings. The van der Waals surface area contributed by atoms with Gasteiger partial charge in [0.05, 0.1) is 0 Å². The third-order valence-electron chi connectivity index (χ3n) is 0.899. The van der Waals surface area contributed by atoms with Gasteiger partial charge in [0.25, 0.3) is 0 Å². The fourth-order valence-electron chi connectivity index (χ4n) is 0.524. The Hall–Kier alpha value is -0.925. The molecule has 66 valence electrons. The third-order valence-corrected chi connectivity index (χ3v) is 0.899. The maximum absolute atomic E-state index is 10.9. The Balaban J connectivity index is 3.61. The Morgan fingerprint density at radius 3 is 2.58 bits per heavy atom. The zero-order chi connectivity index (χ0) is 9.61. The maximum atomic E-state index is 10.9. The van der Waals surface area contributed by atoms with Crippen molar-refractivity contribution in [3.63, 3.8) is 0 Å². The van der Waals surface area contributed by atoms with Crippen LogP contribution in [-0.4, -0.2) is 26.1 Å². The van der Waals surface area contributed by atoms with Crippen LogP contribution in [0.15, 0.2) is 12.1 Å². The minimum Gasteiger partial charge on any atom is -0.444 e. The molecule has 0 unspecified atom stereocenters. The number of nitrogens with one attached hydrogen (secondary N) is 1. The second-order valence-corrected chi connectivity index (χ2v) is 3.31. The molecule has 0 aromatic carbocycles. The van der Waals surface area contributed by atoms with E-state index < -0.39 is 11.7 Å². The van der Waals surface area contributed by atoms with Gasteiger partial charge in [-0.05, 0) is 20.8 Å². The fraction of sp³-hybridized carbons (Fsp3) is 0.625. The molecule has 0 aromatic rings. The smallest absolute Gasteiger partial charge is 0.407 e. The summed E-state index contributed by atoms with van der Waals surface area (Å²) in [4.78, 5) is 10.9. The molecule has 0 fully saturated rings. The van der Waals surface area contributed by atoms with Crippen LogP contribution >= 0.6 is 0 Å². The number of ether oxygens (including phenoxy) is 1. The molecule has 0 aliphatic carbocycles. The van der Waals surface area contributed by atoms with Crippen LogP contribution in [0.25, 0.3) is 0 Å². The lowest BCUT2D eigenvalue weighted by Gasteiger charge is -2.19. The Labute approximate surface area is 74.6 Å². The zero-order valence-electron chi connectivity index (χ0n) is 7.76. The summed E-state index contributed by atoms with van der Waals surface area (Å²) in [5, 5.41) is 2.51. The second-order valence-electron chi connectivity index (χ2n) is 3.31. The van der Waals surface area contributed by atoms with E-state index in [2.05, 4.69) is 5.32 Å². The van der Waals surface area contributed by atoms with Gasteiger partial charge in [0.1, 0.15) is 13.4 Å². The van der Waals surface area contributed by atoms with Gasteiger partial charge in [0, 0.05) is 6.54 Å². The first-order chi connectivity index (χ1) is 5.45. The number of carbonyl (C=O) groups is 1. The van der Waals surface area contributed by atoms with Crippen LogP contribution in [0.3, 0.4) is 0 Å². The van der Waals surface area contributed by atoms with Crippen molar-refractivity contribution in [2.45, 2.75) is 26.4 Å². The van der Waals surface area contributed by atoms with Crippen molar-refractivity contribution in [1.29, 1.82) is 0 Å². The van der Waals surface area contributed by atoms with Gasteiger partial charge in [-0.25, -0.2) is 4.79 Å². The molecule has 2 radical (unpaired) electrons. The summed E-state index contributed by atoms with van der Waals surface area (Å²) in [5.41, 5.74) is -0.448. The quantitative estimate of drug-likeness (QED) is 0.627. The summed E-state index contributed by atoms with van der Waals surface area (Å²) in [7, 11) is 5.07. The topological polar surface area (TPSA) is 38.3 Å². The molecule has 0 saturated carbocycles. The molecule has 0 saturated heterocycles. The molecule has 1 N–H and O–H groups in total. The van der Waals surface area contributed by atoms with Crippen molar-refractivity contribution in [3.8, 4) is 0 Å². The monoisotopic (exact) mass is 167 g/mol. The maximum Gasteiger partial charge on any atom is 0.407 e. The van der Waals surface area contributed by atoms with Gasteiger partial charge in [-0.15, -0.1) is 5.98 Å². The van der Waals surface area contributed by atoms with Gasteiger partial charge in [-0.1, -0.05) is 6.08 Å². The van der Waals surface area contributed by atoms with Gasteiger partial charge < -0.3 is 10.1 Å². The van der Waals surface area contributed by atoms with E-state index in [4.69, 9.17) is 12.6 Å². The van der Waals surface area contributed by atoms with Gasteiger partial charge >= 0.3 is 6.09 Å². The second kappa shape index (κ2) is 4.85. The molecule has 0 aliphatic heterocycles. The first-order valence-corrected chi connectivity index (χ1v) is 3.79. The third kappa shape index (κ3) is 7.19. The molecule has 0 bridgehead atoms. The number of alkyl carbamates (subject to hydrolysis) is 1. The zero-order valence-corrected chi connectivity index (χ0v) is 7.76. The van der Waals surface area contributed by atoms with Crippen LogP contribution < -0.4 is 5.32 Å². The average Bonchev–Trinajstić information content (AvgIpc) is 1.84. The van der Waals surface area contributed by atoms with Gasteiger partial charge in [-0.2, -0.15) is 0 Å². The predicted octanol–water partition coefficient (Wildman–Crippen LogP) is 1.19. The minimum absolute atomic E-state index is 0.394. The van der Waals surface area contributed by atoms with Crippen molar-refractivity contribution in [2.24, 2.45) is 0 Å². The summed E-state index contributed by atoms with van der Waals surface area (Å²) < 4.78 is 4.96. The minimum atomic E-state index is -0.448. The molecule has 1 amide bonds. The molecule has 3 nitrogen and oxygen atoms in total. The number of amides is 1. The number of hydrogen-bond acceptors (Lipinski definition) is 2. The van der Waals surface area contributed by atoms with Gasteiger partial charge in [0.2, 0.25) is 0 Å². The highest BCUT2D eigenvalue weighted by molar-refractivity contribution is 6.16. The molecule has 0 heterocycles. The van der Waals surface area contributed by atoms with Crippen molar-refractivity contribution < 1.29 is 9.53 Å². The molecule has 0 aromatic heterocycles. The largest absolute Gasteiger partial charge is 0.444 e. The molecule has 0 atom stereocenters. The highest BCUT2D eigenvalue weighted by atomic mass is 16.6. The van der Waals surface area contributed by atoms with E-state index >= 15 is 0 Å². The number of carbonyl (C=O) groups excluding carboxylic acids is 1. The Kier molecular flexibility index (Phi) is 4.48. The van der Waals surface area contributed by atoms with E-state index in [0.29, 0.717) is 6.54 Å². The van der Waals surface area contributed by atoms with E-state index in [1.807, 2.05) is 20.8 Å². The van der Waals surface area contributed by atoms with Crippen LogP contribution in [0.1, 0.15) is 20.8 Å². The standard InChI is InChI=1S/C8H14BNO2/c1-8(2,3)12-7(11)10-6-4-5-9/h4-5H,6H2,1-3H3,(H,10,11)/b5-4+. The van der Waals surface area contributed by atoms with Crippen LogP contribution in [0.4, 0.5) is 4.79 Å². The molecule has 4 heteroatoms. The normalized spacial score (nSPS) is 11.6. The van der Waals surface area contributed by atoms with E-state index in [-0.39, 0.29) is 0 Å². The fourth-order valence-corrected chi connectivity index (χ4v) is 0.524. The SMILES string of the molecule is [B]/C=C/CNC(=O)OC(C)(C)C. The molecule has 12 heavy (non-hydrogen) atoms. The summed E-state index contributed by atoms with van der Waals surface area (Å²) >= 11 is 0. The van der Waals surface area contributed by atoms with Crippen LogP contribution in [0.5, 0.6) is 0 Å². The number of rotatable bonds is 2. The first kappa shape index (κ1) is 11.1. The van der Waals surface area contributed by atoms with E-state index in [1.54, 1.807) is 6.08 Å². The van der Waals surface area contributed by atoms with Crippen molar-refractivity contribution in [1.82, 2.24) is 5.32 Å². The molecule has 0 spiro atoms. The molecular weight excluding hydrogens is 153 g/mol. The summed E-state index contributed by atoms with van der Waals surface area (Å²) in [6, 6.07) is 0. The Bertz CT molecular complexity index is 172. The first-order valence-electron chi connectivity index (χ1n) is 3.79. The lowest BCUT2D eigenvalue weighted by Crippen LogP contribution is -2.32. The summed E-state index contributed by atoms with van der Waals surface area (Å²) in [6.07, 6.45) is 1.20. The Morgan fingerprint density at radius 2 is 2.17 bits per heavy atom. The van der Waals surface area contributed by atoms with Gasteiger partial charge in [-0.3, -0.25) is 0 Å². The average molecular weight is 167 g/mol.